The quantitative estimate of drug-likeness (QED) is 0.778. The zero-order chi connectivity index (χ0) is 11.0. The van der Waals surface area contributed by atoms with E-state index in [0.29, 0.717) is 23.3 Å². The Bertz CT molecular complexity index is 387. The van der Waals surface area contributed by atoms with E-state index in [1.165, 1.54) is 0 Å². The number of aryl methyl sites for hydroxylation is 1. The number of nitrogens with one attached hydrogen (secondary N) is 1. The summed E-state index contributed by atoms with van der Waals surface area (Å²) in [5.74, 6) is 0.407. The molecule has 15 heavy (non-hydrogen) atoms. The lowest BCUT2D eigenvalue weighted by Gasteiger charge is -2.03. The number of aromatic nitrogens is 2. The molecule has 4 nitrogen and oxygen atoms in total. The lowest BCUT2D eigenvalue weighted by Crippen LogP contribution is -2.27. The third kappa shape index (κ3) is 2.45. The predicted octanol–water partition coefficient (Wildman–Crippen LogP) is 1.58. The monoisotopic (exact) mass is 225 g/mol. The number of amides is 1. The van der Waals surface area contributed by atoms with Crippen molar-refractivity contribution in [3.8, 4) is 0 Å². The van der Waals surface area contributed by atoms with Gasteiger partial charge in [0.25, 0.3) is 5.91 Å². The molecule has 1 aromatic rings. The van der Waals surface area contributed by atoms with Crippen LogP contribution in [0.2, 0.25) is 5.28 Å². The highest BCUT2D eigenvalue weighted by atomic mass is 35.5. The topological polar surface area (TPSA) is 54.9 Å². The molecule has 2 unspecified atom stereocenters. The molecule has 1 aliphatic rings. The Balaban J connectivity index is 2.11. The van der Waals surface area contributed by atoms with Crippen LogP contribution in [0.4, 0.5) is 0 Å². The van der Waals surface area contributed by atoms with Gasteiger partial charge in [0.15, 0.2) is 0 Å². The Morgan fingerprint density at radius 1 is 1.60 bits per heavy atom. The van der Waals surface area contributed by atoms with Gasteiger partial charge in [0.2, 0.25) is 5.28 Å². The fourth-order valence-electron chi connectivity index (χ4n) is 1.41. The van der Waals surface area contributed by atoms with Crippen molar-refractivity contribution in [2.75, 3.05) is 0 Å². The molecule has 1 saturated carbocycles. The van der Waals surface area contributed by atoms with Crippen molar-refractivity contribution in [1.82, 2.24) is 15.3 Å². The summed E-state index contributed by atoms with van der Waals surface area (Å²) < 4.78 is 0. The van der Waals surface area contributed by atoms with Gasteiger partial charge in [-0.15, -0.1) is 0 Å². The van der Waals surface area contributed by atoms with Gasteiger partial charge in [0.05, 0.1) is 0 Å². The molecular formula is C10H12ClN3O. The van der Waals surface area contributed by atoms with Crippen molar-refractivity contribution in [3.63, 3.8) is 0 Å². The molecule has 0 saturated heterocycles. The van der Waals surface area contributed by atoms with Gasteiger partial charge in [-0.25, -0.2) is 9.97 Å². The second kappa shape index (κ2) is 3.77. The first-order valence-corrected chi connectivity index (χ1v) is 5.26. The summed E-state index contributed by atoms with van der Waals surface area (Å²) in [6.45, 7) is 3.88. The van der Waals surface area contributed by atoms with E-state index < -0.39 is 0 Å². The van der Waals surface area contributed by atoms with E-state index in [-0.39, 0.29) is 11.2 Å². The number of hydrogen-bond acceptors (Lipinski definition) is 3. The van der Waals surface area contributed by atoms with Crippen molar-refractivity contribution in [2.45, 2.75) is 26.3 Å². The van der Waals surface area contributed by atoms with E-state index in [1.807, 2.05) is 0 Å². The molecule has 5 heteroatoms. The summed E-state index contributed by atoms with van der Waals surface area (Å²) in [7, 11) is 0. The number of nitrogens with zero attached hydrogens (tertiary/aromatic N) is 2. The van der Waals surface area contributed by atoms with Crippen molar-refractivity contribution >= 4 is 17.5 Å². The lowest BCUT2D eigenvalue weighted by atomic mass is 10.3. The second-order valence-electron chi connectivity index (χ2n) is 3.96. The lowest BCUT2D eigenvalue weighted by molar-refractivity contribution is 0.0944. The van der Waals surface area contributed by atoms with Crippen LogP contribution in [0.25, 0.3) is 0 Å². The number of rotatable bonds is 2. The van der Waals surface area contributed by atoms with Crippen LogP contribution in [-0.4, -0.2) is 21.9 Å². The Hall–Kier alpha value is -1.16. The number of carbonyl (C=O) groups is 1. The average molecular weight is 226 g/mol. The van der Waals surface area contributed by atoms with E-state index in [2.05, 4.69) is 22.2 Å². The van der Waals surface area contributed by atoms with Crippen LogP contribution in [-0.2, 0) is 0 Å². The summed E-state index contributed by atoms with van der Waals surface area (Å²) in [6, 6.07) is 1.93. The molecule has 1 amide bonds. The first-order valence-electron chi connectivity index (χ1n) is 4.88. The molecule has 1 aromatic heterocycles. The molecule has 2 rings (SSSR count). The van der Waals surface area contributed by atoms with E-state index in [4.69, 9.17) is 11.6 Å². The predicted molar refractivity (Wildman–Crippen MR) is 56.8 cm³/mol. The normalized spacial score (nSPS) is 23.7. The van der Waals surface area contributed by atoms with Gasteiger partial charge in [-0.3, -0.25) is 4.79 Å². The average Bonchev–Trinajstić information content (AvgIpc) is 2.79. The van der Waals surface area contributed by atoms with Gasteiger partial charge < -0.3 is 5.32 Å². The molecule has 0 aromatic carbocycles. The third-order valence-electron chi connectivity index (χ3n) is 2.49. The van der Waals surface area contributed by atoms with Crippen LogP contribution in [0.3, 0.4) is 0 Å². The summed E-state index contributed by atoms with van der Waals surface area (Å²) >= 11 is 5.67. The smallest absolute Gasteiger partial charge is 0.270 e. The fraction of sp³-hybridized carbons (Fsp3) is 0.500. The second-order valence-corrected chi connectivity index (χ2v) is 4.29. The highest BCUT2D eigenvalue weighted by Gasteiger charge is 2.34. The first-order chi connectivity index (χ1) is 7.06. The Morgan fingerprint density at radius 2 is 2.27 bits per heavy atom. The van der Waals surface area contributed by atoms with Crippen LogP contribution < -0.4 is 5.32 Å². The van der Waals surface area contributed by atoms with E-state index >= 15 is 0 Å². The van der Waals surface area contributed by atoms with Crippen molar-refractivity contribution in [2.24, 2.45) is 5.92 Å². The standard InChI is InChI=1S/C10H12ClN3O/c1-5-3-7(5)13-9(15)8-4-6(2)12-10(11)14-8/h4-5,7H,3H2,1-2H3,(H,13,15). The highest BCUT2D eigenvalue weighted by Crippen LogP contribution is 2.29. The maximum atomic E-state index is 11.7. The molecule has 1 aliphatic carbocycles. The van der Waals surface area contributed by atoms with Crippen LogP contribution in [0.15, 0.2) is 6.07 Å². The zero-order valence-corrected chi connectivity index (χ0v) is 9.38. The summed E-state index contributed by atoms with van der Waals surface area (Å²) in [4.78, 5) is 19.5. The van der Waals surface area contributed by atoms with Gasteiger partial charge in [-0.1, -0.05) is 6.92 Å². The summed E-state index contributed by atoms with van der Waals surface area (Å²) in [5, 5.41) is 3.00. The number of halogens is 1. The molecule has 0 aliphatic heterocycles. The van der Waals surface area contributed by atoms with E-state index in [0.717, 1.165) is 6.42 Å². The molecule has 1 N–H and O–H groups in total. The molecule has 0 spiro atoms. The minimum Gasteiger partial charge on any atom is -0.348 e. The Morgan fingerprint density at radius 3 is 2.80 bits per heavy atom. The van der Waals surface area contributed by atoms with Gasteiger partial charge in [0, 0.05) is 11.7 Å². The first kappa shape index (κ1) is 10.4. The number of carbonyl (C=O) groups excluding carboxylic acids is 1. The number of hydrogen-bond donors (Lipinski definition) is 1. The fourth-order valence-corrected chi connectivity index (χ4v) is 1.64. The molecular weight excluding hydrogens is 214 g/mol. The van der Waals surface area contributed by atoms with E-state index in [9.17, 15) is 4.79 Å². The molecule has 0 bridgehead atoms. The van der Waals surface area contributed by atoms with Gasteiger partial charge >= 0.3 is 0 Å². The molecule has 2 atom stereocenters. The van der Waals surface area contributed by atoms with Crippen LogP contribution in [0.5, 0.6) is 0 Å². The molecule has 1 heterocycles. The van der Waals surface area contributed by atoms with Crippen molar-refractivity contribution < 1.29 is 4.79 Å². The van der Waals surface area contributed by atoms with Crippen LogP contribution in [0, 0.1) is 12.8 Å². The van der Waals surface area contributed by atoms with E-state index in [1.54, 1.807) is 13.0 Å². The molecule has 1 fully saturated rings. The van der Waals surface area contributed by atoms with Crippen molar-refractivity contribution in [3.05, 3.63) is 22.7 Å². The molecule has 0 radical (unpaired) electrons. The van der Waals surface area contributed by atoms with Crippen molar-refractivity contribution in [1.29, 1.82) is 0 Å². The summed E-state index contributed by atoms with van der Waals surface area (Å²) in [5.41, 5.74) is 1.04. The molecule has 80 valence electrons. The minimum atomic E-state index is -0.170. The van der Waals surface area contributed by atoms with Gasteiger partial charge in [0.1, 0.15) is 5.69 Å². The SMILES string of the molecule is Cc1cc(C(=O)NC2CC2C)nc(Cl)n1. The Labute approximate surface area is 93.1 Å². The van der Waals surface area contributed by atoms with Gasteiger partial charge in [-0.2, -0.15) is 0 Å². The Kier molecular flexibility index (Phi) is 2.61. The maximum Gasteiger partial charge on any atom is 0.270 e. The zero-order valence-electron chi connectivity index (χ0n) is 8.62. The highest BCUT2D eigenvalue weighted by molar-refractivity contribution is 6.28. The third-order valence-corrected chi connectivity index (χ3v) is 2.65. The summed E-state index contributed by atoms with van der Waals surface area (Å²) in [6.07, 6.45) is 1.05. The van der Waals surface area contributed by atoms with Crippen LogP contribution in [0.1, 0.15) is 29.5 Å². The maximum absolute atomic E-state index is 11.7. The van der Waals surface area contributed by atoms with Gasteiger partial charge in [-0.05, 0) is 36.9 Å². The minimum absolute atomic E-state index is 0.115. The van der Waals surface area contributed by atoms with Crippen LogP contribution >= 0.6 is 11.6 Å². The largest absolute Gasteiger partial charge is 0.348 e.